The van der Waals surface area contributed by atoms with Gasteiger partial charge in [0.25, 0.3) is 0 Å². The molecule has 2 rings (SSSR count). The molecule has 0 bridgehead atoms. The number of rotatable bonds is 5. The molecule has 0 saturated carbocycles. The van der Waals surface area contributed by atoms with E-state index in [-0.39, 0.29) is 10.8 Å². The van der Waals surface area contributed by atoms with Gasteiger partial charge in [0.15, 0.2) is 14.1 Å². The summed E-state index contributed by atoms with van der Waals surface area (Å²) in [6.07, 6.45) is 0. The zero-order valence-electron chi connectivity index (χ0n) is 15.2. The van der Waals surface area contributed by atoms with Crippen LogP contribution in [-0.4, -0.2) is 14.1 Å². The van der Waals surface area contributed by atoms with E-state index in [1.807, 2.05) is 36.4 Å². The Balaban J connectivity index is 2.09. The van der Waals surface area contributed by atoms with Gasteiger partial charge in [-0.1, -0.05) is 57.2 Å². The van der Waals surface area contributed by atoms with Crippen LogP contribution in [0.25, 0.3) is 0 Å². The maximum atomic E-state index is 12.5. The minimum Gasteiger partial charge on any atom is -0.413 e. The summed E-state index contributed by atoms with van der Waals surface area (Å²) in [4.78, 5) is 12.5. The number of para-hydroxylation sites is 1. The van der Waals surface area contributed by atoms with Gasteiger partial charge < -0.3 is 10.2 Å². The fourth-order valence-electron chi connectivity index (χ4n) is 2.09. The molecule has 2 aromatic carbocycles. The summed E-state index contributed by atoms with van der Waals surface area (Å²) in [7, 11) is -1.77. The second kappa shape index (κ2) is 6.91. The highest BCUT2D eigenvalue weighted by Gasteiger charge is 2.36. The first-order valence-electron chi connectivity index (χ1n) is 8.24. The Hall–Kier alpha value is -1.91. The third-order valence-corrected chi connectivity index (χ3v) is 9.31. The Morgan fingerprint density at radius 2 is 1.62 bits per heavy atom. The van der Waals surface area contributed by atoms with Crippen molar-refractivity contribution in [2.75, 3.05) is 5.73 Å². The largest absolute Gasteiger partial charge is 0.413 e. The van der Waals surface area contributed by atoms with Gasteiger partial charge in [-0.25, -0.2) is 0 Å². The van der Waals surface area contributed by atoms with Gasteiger partial charge in [-0.2, -0.15) is 0 Å². The molecule has 128 valence electrons. The zero-order chi connectivity index (χ0) is 18.0. The highest BCUT2D eigenvalue weighted by atomic mass is 28.4. The third kappa shape index (κ3) is 4.13. The molecule has 0 unspecified atom stereocenters. The average molecular weight is 342 g/mol. The molecule has 0 radical (unpaired) electrons. The minimum atomic E-state index is -1.77. The number of carbonyl (C=O) groups is 1. The first-order valence-corrected chi connectivity index (χ1v) is 11.1. The van der Waals surface area contributed by atoms with Crippen molar-refractivity contribution in [2.24, 2.45) is 0 Å². The van der Waals surface area contributed by atoms with Crippen molar-refractivity contribution >= 4 is 19.8 Å². The summed E-state index contributed by atoms with van der Waals surface area (Å²) in [5.74, 6) is -0.0510. The molecule has 2 N–H and O–H groups in total. The number of nitrogens with two attached hydrogens (primary N) is 1. The van der Waals surface area contributed by atoms with E-state index >= 15 is 0 Å². The van der Waals surface area contributed by atoms with Crippen molar-refractivity contribution in [1.29, 1.82) is 0 Å². The van der Waals surface area contributed by atoms with Crippen molar-refractivity contribution in [1.82, 2.24) is 0 Å². The van der Waals surface area contributed by atoms with E-state index in [0.717, 1.165) is 5.56 Å². The first-order chi connectivity index (χ1) is 11.1. The first kappa shape index (κ1) is 18.4. The van der Waals surface area contributed by atoms with Crippen LogP contribution in [0.15, 0.2) is 48.5 Å². The van der Waals surface area contributed by atoms with Crippen LogP contribution in [0.3, 0.4) is 0 Å². The Morgan fingerprint density at radius 3 is 2.17 bits per heavy atom. The van der Waals surface area contributed by atoms with E-state index in [1.165, 1.54) is 0 Å². The highest BCUT2D eigenvalue weighted by molar-refractivity contribution is 6.74. The fraction of sp³-hybridized carbons (Fsp3) is 0.350. The highest BCUT2D eigenvalue weighted by Crippen LogP contribution is 2.37. The second-order valence-electron chi connectivity index (χ2n) is 7.66. The molecule has 0 aromatic heterocycles. The molecule has 2 aromatic rings. The summed E-state index contributed by atoms with van der Waals surface area (Å²) in [5, 5.41) is 0.188. The van der Waals surface area contributed by atoms with Crippen molar-refractivity contribution in [2.45, 2.75) is 45.5 Å². The van der Waals surface area contributed by atoms with Crippen LogP contribution in [0.2, 0.25) is 18.1 Å². The number of anilines is 1. The maximum Gasteiger partial charge on any atom is 0.195 e. The third-order valence-electron chi connectivity index (χ3n) is 4.83. The molecule has 0 aliphatic carbocycles. The maximum absolute atomic E-state index is 12.5. The topological polar surface area (TPSA) is 52.3 Å². The van der Waals surface area contributed by atoms with Crippen LogP contribution in [0.5, 0.6) is 0 Å². The zero-order valence-corrected chi connectivity index (χ0v) is 16.2. The molecule has 0 heterocycles. The van der Waals surface area contributed by atoms with E-state index in [1.54, 1.807) is 12.1 Å². The molecule has 0 aliphatic heterocycles. The van der Waals surface area contributed by atoms with Crippen LogP contribution in [0.4, 0.5) is 5.69 Å². The number of hydrogen-bond donors (Lipinski definition) is 1. The summed E-state index contributed by atoms with van der Waals surface area (Å²) in [5.41, 5.74) is 8.66. The standard InChI is InChI=1S/C20H27NO2Si/c1-20(2,3)24(4,5)23-14-15-10-12-16(13-11-15)19(22)17-8-6-7-9-18(17)21/h6-13H,14,21H2,1-5H3. The predicted octanol–water partition coefficient (Wildman–Crippen LogP) is 5.02. The van der Waals surface area contributed by atoms with Crippen molar-refractivity contribution in [3.05, 3.63) is 65.2 Å². The van der Waals surface area contributed by atoms with Crippen LogP contribution in [0, 0.1) is 0 Å². The predicted molar refractivity (Wildman–Crippen MR) is 103 cm³/mol. The van der Waals surface area contributed by atoms with E-state index in [0.29, 0.717) is 23.4 Å². The fourth-order valence-corrected chi connectivity index (χ4v) is 3.05. The number of carbonyl (C=O) groups excluding carboxylic acids is 1. The van der Waals surface area contributed by atoms with Gasteiger partial charge in [0.1, 0.15) is 0 Å². The Labute approximate surface area is 146 Å². The summed E-state index contributed by atoms with van der Waals surface area (Å²) < 4.78 is 6.22. The van der Waals surface area contributed by atoms with Crippen LogP contribution >= 0.6 is 0 Å². The van der Waals surface area contributed by atoms with Gasteiger partial charge >= 0.3 is 0 Å². The Bertz CT molecular complexity index is 715. The lowest BCUT2D eigenvalue weighted by Crippen LogP contribution is -2.40. The van der Waals surface area contributed by atoms with Crippen LogP contribution < -0.4 is 5.73 Å². The number of benzene rings is 2. The van der Waals surface area contributed by atoms with E-state index in [9.17, 15) is 4.79 Å². The second-order valence-corrected chi connectivity index (χ2v) is 12.5. The number of nitrogen functional groups attached to an aromatic ring is 1. The molecule has 0 aliphatic rings. The Morgan fingerprint density at radius 1 is 1.04 bits per heavy atom. The molecule has 4 heteroatoms. The van der Waals surface area contributed by atoms with Crippen molar-refractivity contribution in [3.63, 3.8) is 0 Å². The van der Waals surface area contributed by atoms with Crippen LogP contribution in [0.1, 0.15) is 42.3 Å². The van der Waals surface area contributed by atoms with Crippen LogP contribution in [-0.2, 0) is 11.0 Å². The van der Waals surface area contributed by atoms with Gasteiger partial charge in [-0.05, 0) is 35.8 Å². The molecule has 0 saturated heterocycles. The lowest BCUT2D eigenvalue weighted by molar-refractivity contribution is 0.103. The monoisotopic (exact) mass is 341 g/mol. The molecule has 24 heavy (non-hydrogen) atoms. The number of ketones is 1. The number of hydrogen-bond acceptors (Lipinski definition) is 3. The van der Waals surface area contributed by atoms with E-state index in [4.69, 9.17) is 10.2 Å². The lowest BCUT2D eigenvalue weighted by Gasteiger charge is -2.36. The normalized spacial score (nSPS) is 12.2. The molecular formula is C20H27NO2Si. The quantitative estimate of drug-likeness (QED) is 0.472. The Kier molecular flexibility index (Phi) is 5.31. The summed E-state index contributed by atoms with van der Waals surface area (Å²) >= 11 is 0. The smallest absolute Gasteiger partial charge is 0.195 e. The van der Waals surface area contributed by atoms with E-state index in [2.05, 4.69) is 33.9 Å². The molecule has 0 fully saturated rings. The van der Waals surface area contributed by atoms with Gasteiger partial charge in [-0.3, -0.25) is 4.79 Å². The van der Waals surface area contributed by atoms with Gasteiger partial charge in [0.2, 0.25) is 0 Å². The molecular weight excluding hydrogens is 314 g/mol. The van der Waals surface area contributed by atoms with Gasteiger partial charge in [0.05, 0.1) is 6.61 Å². The minimum absolute atomic E-state index is 0.0510. The van der Waals surface area contributed by atoms with Crippen molar-refractivity contribution < 1.29 is 9.22 Å². The summed E-state index contributed by atoms with van der Waals surface area (Å²) in [6, 6.07) is 14.8. The van der Waals surface area contributed by atoms with Gasteiger partial charge in [0, 0.05) is 16.8 Å². The molecule has 0 amide bonds. The average Bonchev–Trinajstić information content (AvgIpc) is 2.52. The lowest BCUT2D eigenvalue weighted by atomic mass is 10.0. The van der Waals surface area contributed by atoms with E-state index < -0.39 is 8.32 Å². The summed E-state index contributed by atoms with van der Waals surface area (Å²) in [6.45, 7) is 11.7. The SMILES string of the molecule is CC(C)(C)[Si](C)(C)OCc1ccc(C(=O)c2ccccc2N)cc1. The molecule has 3 nitrogen and oxygen atoms in total. The van der Waals surface area contributed by atoms with Gasteiger partial charge in [-0.15, -0.1) is 0 Å². The van der Waals surface area contributed by atoms with Crippen molar-refractivity contribution in [3.8, 4) is 0 Å². The molecule has 0 spiro atoms. The molecule has 0 atom stereocenters.